The molecule has 0 radical (unpaired) electrons. The first-order valence-corrected chi connectivity index (χ1v) is 33.0. The summed E-state index contributed by atoms with van der Waals surface area (Å²) in [5, 5.41) is 76.3. The van der Waals surface area contributed by atoms with Crippen LogP contribution in [0.25, 0.3) is 0 Å². The maximum atomic E-state index is 13.2. The zero-order valence-corrected chi connectivity index (χ0v) is 50.4. The predicted molar refractivity (Wildman–Crippen MR) is 325 cm³/mol. The summed E-state index contributed by atoms with van der Waals surface area (Å²) in [5.41, 5.74) is 0. The van der Waals surface area contributed by atoms with Gasteiger partial charge in [-0.3, -0.25) is 4.79 Å². The van der Waals surface area contributed by atoms with Crippen molar-refractivity contribution in [2.75, 3.05) is 13.2 Å². The SMILES string of the molecule is CCCCCCCCCCC/C=C\C/C=C\CCCCCCCCCCC(O)C(=O)NC(COC1OC(CO)C(O)C(O)C1O)C(O)C(O)CCC/C=C/CC/C=C/CCCCCCCCCCCCCCCCCCCC. The third-order valence-electron chi connectivity index (χ3n) is 15.8. The van der Waals surface area contributed by atoms with Gasteiger partial charge >= 0.3 is 0 Å². The molecular formula is C67H125NO10. The van der Waals surface area contributed by atoms with E-state index in [1.807, 2.05) is 0 Å². The van der Waals surface area contributed by atoms with Gasteiger partial charge in [0.2, 0.25) is 5.91 Å². The first-order chi connectivity index (χ1) is 38.2. The Hall–Kier alpha value is -1.93. The van der Waals surface area contributed by atoms with E-state index in [9.17, 15) is 40.5 Å². The summed E-state index contributed by atoms with van der Waals surface area (Å²) >= 11 is 0. The van der Waals surface area contributed by atoms with Crippen molar-refractivity contribution < 1.29 is 50.0 Å². The van der Waals surface area contributed by atoms with Crippen LogP contribution in [-0.4, -0.2) is 110 Å². The number of aliphatic hydroxyl groups excluding tert-OH is 7. The van der Waals surface area contributed by atoms with Gasteiger partial charge < -0.3 is 50.5 Å². The van der Waals surface area contributed by atoms with Crippen molar-refractivity contribution in [1.29, 1.82) is 0 Å². The van der Waals surface area contributed by atoms with E-state index in [1.165, 1.54) is 199 Å². The van der Waals surface area contributed by atoms with E-state index in [0.29, 0.717) is 19.3 Å². The van der Waals surface area contributed by atoms with E-state index < -0.39 is 74.2 Å². The first kappa shape index (κ1) is 74.1. The number of rotatable bonds is 57. The average Bonchev–Trinajstić information content (AvgIpc) is 3.46. The maximum Gasteiger partial charge on any atom is 0.249 e. The third kappa shape index (κ3) is 42.8. The molecule has 0 bridgehead atoms. The number of unbranched alkanes of at least 4 members (excludes halogenated alkanes) is 37. The molecular weight excluding hydrogens is 979 g/mol. The van der Waals surface area contributed by atoms with Crippen LogP contribution in [0.1, 0.15) is 303 Å². The number of allylic oxidation sites excluding steroid dienone is 8. The first-order valence-electron chi connectivity index (χ1n) is 33.0. The molecule has 458 valence electrons. The molecule has 9 unspecified atom stereocenters. The van der Waals surface area contributed by atoms with Gasteiger partial charge in [0.25, 0.3) is 0 Å². The van der Waals surface area contributed by atoms with Gasteiger partial charge in [-0.2, -0.15) is 0 Å². The topological polar surface area (TPSA) is 189 Å². The predicted octanol–water partition coefficient (Wildman–Crippen LogP) is 15.2. The standard InChI is InChI=1S/C67H125NO10/c1-3-5-7-9-11-13-15-17-19-21-23-25-27-29-30-31-33-34-36-38-40-42-44-46-48-50-52-54-59(70)62(72)58(57-77-67-65(75)64(74)63(73)61(56-69)78-67)68-66(76)60(71)55-53-51-49-47-45-43-41-39-37-35-32-28-26-24-22-20-18-16-14-12-10-8-6-4-2/h24,26,32,35,38,40,46,48,58-65,67,69-75H,3-23,25,27-31,33-34,36-37,39,41-45,47,49-57H2,1-2H3,(H,68,76)/b26-24-,35-32-,40-38+,48-46+. The average molecular weight is 1100 g/mol. The number of hydrogen-bond acceptors (Lipinski definition) is 10. The zero-order chi connectivity index (χ0) is 56.8. The maximum absolute atomic E-state index is 13.2. The number of hydrogen-bond donors (Lipinski definition) is 8. The Morgan fingerprint density at radius 2 is 0.808 bits per heavy atom. The lowest BCUT2D eigenvalue weighted by atomic mass is 9.98. The van der Waals surface area contributed by atoms with Gasteiger partial charge in [-0.05, 0) is 83.5 Å². The molecule has 0 spiro atoms. The van der Waals surface area contributed by atoms with Crippen LogP contribution in [0.4, 0.5) is 0 Å². The molecule has 11 heteroatoms. The van der Waals surface area contributed by atoms with Crippen molar-refractivity contribution in [2.45, 2.75) is 358 Å². The lowest BCUT2D eigenvalue weighted by Crippen LogP contribution is -2.60. The summed E-state index contributed by atoms with van der Waals surface area (Å²) in [6.45, 7) is 3.47. The Morgan fingerprint density at radius 3 is 1.22 bits per heavy atom. The van der Waals surface area contributed by atoms with Crippen LogP contribution < -0.4 is 5.32 Å². The van der Waals surface area contributed by atoms with E-state index in [0.717, 1.165) is 57.8 Å². The van der Waals surface area contributed by atoms with Crippen LogP contribution in [0.15, 0.2) is 48.6 Å². The number of carbonyl (C=O) groups is 1. The van der Waals surface area contributed by atoms with Crippen LogP contribution in [-0.2, 0) is 14.3 Å². The summed E-state index contributed by atoms with van der Waals surface area (Å²) in [4.78, 5) is 13.2. The molecule has 0 aromatic rings. The van der Waals surface area contributed by atoms with E-state index in [1.54, 1.807) is 0 Å². The van der Waals surface area contributed by atoms with Crippen LogP contribution in [0, 0.1) is 0 Å². The molecule has 78 heavy (non-hydrogen) atoms. The highest BCUT2D eigenvalue weighted by Gasteiger charge is 2.44. The molecule has 1 amide bonds. The quantitative estimate of drug-likeness (QED) is 0.0215. The molecule has 11 nitrogen and oxygen atoms in total. The Kier molecular flexibility index (Phi) is 52.8. The van der Waals surface area contributed by atoms with Gasteiger partial charge in [0.05, 0.1) is 25.4 Å². The highest BCUT2D eigenvalue weighted by atomic mass is 16.7. The number of carbonyl (C=O) groups excluding carboxylic acids is 1. The van der Waals surface area contributed by atoms with Gasteiger partial charge in [0.15, 0.2) is 6.29 Å². The molecule has 8 N–H and O–H groups in total. The lowest BCUT2D eigenvalue weighted by molar-refractivity contribution is -0.303. The van der Waals surface area contributed by atoms with Crippen molar-refractivity contribution in [3.8, 4) is 0 Å². The minimum absolute atomic E-state index is 0.243. The number of ether oxygens (including phenoxy) is 2. The second-order valence-electron chi connectivity index (χ2n) is 23.2. The number of amides is 1. The Labute approximate surface area is 479 Å². The Morgan fingerprint density at radius 1 is 0.449 bits per heavy atom. The molecule has 1 aliphatic heterocycles. The molecule has 1 heterocycles. The van der Waals surface area contributed by atoms with Gasteiger partial charge in [-0.25, -0.2) is 0 Å². The minimum Gasteiger partial charge on any atom is -0.394 e. The number of aliphatic hydroxyl groups is 7. The minimum atomic E-state index is -1.67. The van der Waals surface area contributed by atoms with Crippen molar-refractivity contribution >= 4 is 5.91 Å². The molecule has 9 atom stereocenters. The lowest BCUT2D eigenvalue weighted by Gasteiger charge is -2.40. The molecule has 0 aromatic carbocycles. The highest BCUT2D eigenvalue weighted by molar-refractivity contribution is 5.80. The van der Waals surface area contributed by atoms with Crippen molar-refractivity contribution in [1.82, 2.24) is 5.32 Å². The Balaban J connectivity index is 2.28. The normalized spacial score (nSPS) is 19.7. The summed E-state index contributed by atoms with van der Waals surface area (Å²) in [5.74, 6) is -0.713. The van der Waals surface area contributed by atoms with Crippen LogP contribution in [0.3, 0.4) is 0 Å². The van der Waals surface area contributed by atoms with Crippen molar-refractivity contribution in [2.24, 2.45) is 0 Å². The summed E-state index contributed by atoms with van der Waals surface area (Å²) in [6, 6.07) is -1.20. The summed E-state index contributed by atoms with van der Waals surface area (Å²) in [7, 11) is 0. The zero-order valence-electron chi connectivity index (χ0n) is 50.4. The Bertz CT molecular complexity index is 1410. The molecule has 0 aliphatic carbocycles. The van der Waals surface area contributed by atoms with Crippen molar-refractivity contribution in [3.05, 3.63) is 48.6 Å². The van der Waals surface area contributed by atoms with Gasteiger partial charge in [0, 0.05) is 0 Å². The van der Waals surface area contributed by atoms with Crippen LogP contribution in [0.5, 0.6) is 0 Å². The fourth-order valence-electron chi connectivity index (χ4n) is 10.5. The monoisotopic (exact) mass is 1100 g/mol. The second-order valence-corrected chi connectivity index (χ2v) is 23.2. The van der Waals surface area contributed by atoms with Gasteiger partial charge in [0.1, 0.15) is 36.6 Å². The second kappa shape index (κ2) is 55.6. The summed E-state index contributed by atoms with van der Waals surface area (Å²) in [6.07, 6.45) is 60.4. The highest BCUT2D eigenvalue weighted by Crippen LogP contribution is 2.23. The van der Waals surface area contributed by atoms with Crippen LogP contribution >= 0.6 is 0 Å². The fourth-order valence-corrected chi connectivity index (χ4v) is 10.5. The van der Waals surface area contributed by atoms with Gasteiger partial charge in [-0.15, -0.1) is 0 Å². The largest absolute Gasteiger partial charge is 0.394 e. The van der Waals surface area contributed by atoms with Crippen LogP contribution in [0.2, 0.25) is 0 Å². The molecule has 0 saturated carbocycles. The fraction of sp³-hybridized carbons (Fsp3) is 0.866. The molecule has 1 fully saturated rings. The number of nitrogens with one attached hydrogen (secondary N) is 1. The van der Waals surface area contributed by atoms with E-state index in [4.69, 9.17) is 9.47 Å². The van der Waals surface area contributed by atoms with E-state index >= 15 is 0 Å². The van der Waals surface area contributed by atoms with E-state index in [-0.39, 0.29) is 12.8 Å². The third-order valence-corrected chi connectivity index (χ3v) is 15.8. The van der Waals surface area contributed by atoms with Crippen molar-refractivity contribution in [3.63, 3.8) is 0 Å². The molecule has 1 saturated heterocycles. The van der Waals surface area contributed by atoms with E-state index in [2.05, 4.69) is 67.8 Å². The summed E-state index contributed by atoms with van der Waals surface area (Å²) < 4.78 is 11.2. The molecule has 1 rings (SSSR count). The smallest absolute Gasteiger partial charge is 0.249 e. The molecule has 0 aromatic heterocycles. The molecule has 1 aliphatic rings. The van der Waals surface area contributed by atoms with Gasteiger partial charge in [-0.1, -0.05) is 268 Å².